The molecule has 5 heteroatoms. The molecule has 0 aromatic carbocycles. The zero-order valence-electron chi connectivity index (χ0n) is 8.96. The normalized spacial score (nSPS) is 10.5. The molecule has 0 rings (SSSR count). The van der Waals surface area contributed by atoms with Gasteiger partial charge in [0.15, 0.2) is 0 Å². The summed E-state index contributed by atoms with van der Waals surface area (Å²) < 4.78 is 0. The second kappa shape index (κ2) is 6.04. The zero-order chi connectivity index (χ0) is 11.9. The Kier molecular flexibility index (Phi) is 5.42. The average molecular weight is 212 g/mol. The summed E-state index contributed by atoms with van der Waals surface area (Å²) in [6, 6.07) is 0. The van der Waals surface area contributed by atoms with Gasteiger partial charge in [-0.05, 0) is 13.8 Å². The Hall–Kier alpha value is -1.54. The predicted molar refractivity (Wildman–Crippen MR) is 56.1 cm³/mol. The Balaban J connectivity index is 3.81. The first-order valence-electron chi connectivity index (χ1n) is 4.54. The van der Waals surface area contributed by atoms with Crippen molar-refractivity contribution < 1.29 is 14.7 Å². The van der Waals surface area contributed by atoms with Crippen LogP contribution in [0.4, 0.5) is 0 Å². The molecular weight excluding hydrogens is 196 g/mol. The van der Waals surface area contributed by atoms with E-state index < -0.39 is 11.4 Å². The molecule has 0 spiro atoms. The topological polar surface area (TPSA) is 78.4 Å². The molecule has 0 fully saturated rings. The van der Waals surface area contributed by atoms with Crippen molar-refractivity contribution in [3.63, 3.8) is 0 Å². The molecule has 0 bridgehead atoms. The molecule has 0 saturated carbocycles. The highest BCUT2D eigenvalue weighted by Gasteiger charge is 2.27. The molecule has 0 unspecified atom stereocenters. The quantitative estimate of drug-likeness (QED) is 0.407. The molecular formula is C10H16N2O3. The van der Waals surface area contributed by atoms with E-state index in [1.54, 1.807) is 13.8 Å². The smallest absolute Gasteiger partial charge is 0.310 e. The lowest BCUT2D eigenvalue weighted by molar-refractivity contribution is -0.146. The first-order valence-corrected chi connectivity index (χ1v) is 4.54. The minimum Gasteiger partial charge on any atom is -0.481 e. The summed E-state index contributed by atoms with van der Waals surface area (Å²) >= 11 is 0. The Labute approximate surface area is 89.2 Å². The molecule has 0 aliphatic heterocycles. The van der Waals surface area contributed by atoms with Crippen LogP contribution in [0.15, 0.2) is 0 Å². The molecule has 84 valence electrons. The van der Waals surface area contributed by atoms with E-state index in [1.807, 2.05) is 0 Å². The second-order valence-electron chi connectivity index (χ2n) is 3.77. The number of amides is 1. The van der Waals surface area contributed by atoms with Crippen molar-refractivity contribution in [2.45, 2.75) is 13.8 Å². The Morgan fingerprint density at radius 1 is 1.47 bits per heavy atom. The van der Waals surface area contributed by atoms with E-state index in [1.165, 1.54) is 0 Å². The summed E-state index contributed by atoms with van der Waals surface area (Å²) in [6.07, 6.45) is 4.98. The van der Waals surface area contributed by atoms with Gasteiger partial charge < -0.3 is 10.4 Å². The van der Waals surface area contributed by atoms with E-state index in [0.717, 1.165) is 0 Å². The van der Waals surface area contributed by atoms with Crippen LogP contribution in [0.1, 0.15) is 13.8 Å². The van der Waals surface area contributed by atoms with Crippen molar-refractivity contribution in [3.05, 3.63) is 0 Å². The zero-order valence-corrected chi connectivity index (χ0v) is 8.96. The van der Waals surface area contributed by atoms with Crippen LogP contribution >= 0.6 is 0 Å². The van der Waals surface area contributed by atoms with Crippen molar-refractivity contribution in [1.29, 1.82) is 0 Å². The van der Waals surface area contributed by atoms with Gasteiger partial charge >= 0.3 is 5.97 Å². The fourth-order valence-electron chi connectivity index (χ4n) is 0.706. The molecule has 1 amide bonds. The molecule has 0 heterocycles. The number of carboxylic acid groups (broad SMARTS) is 1. The van der Waals surface area contributed by atoms with Crippen LogP contribution < -0.4 is 10.6 Å². The van der Waals surface area contributed by atoms with E-state index in [9.17, 15) is 9.59 Å². The highest BCUT2D eigenvalue weighted by Crippen LogP contribution is 2.12. The maximum absolute atomic E-state index is 11.2. The van der Waals surface area contributed by atoms with Gasteiger partial charge in [-0.25, -0.2) is 0 Å². The maximum atomic E-state index is 11.2. The first kappa shape index (κ1) is 13.5. The number of aliphatic carboxylic acids is 1. The summed E-state index contributed by atoms with van der Waals surface area (Å²) in [5, 5.41) is 14.0. The van der Waals surface area contributed by atoms with Crippen LogP contribution in [0, 0.1) is 17.8 Å². The fraction of sp³-hybridized carbons (Fsp3) is 0.600. The van der Waals surface area contributed by atoms with Crippen molar-refractivity contribution in [2.75, 3.05) is 19.6 Å². The van der Waals surface area contributed by atoms with E-state index in [-0.39, 0.29) is 19.0 Å². The van der Waals surface area contributed by atoms with Crippen LogP contribution in [-0.2, 0) is 9.59 Å². The number of carbonyl (C=O) groups is 2. The van der Waals surface area contributed by atoms with Gasteiger partial charge in [0, 0.05) is 6.54 Å². The molecule has 0 atom stereocenters. The van der Waals surface area contributed by atoms with Gasteiger partial charge in [-0.15, -0.1) is 6.42 Å². The monoisotopic (exact) mass is 212 g/mol. The van der Waals surface area contributed by atoms with Gasteiger partial charge in [0.05, 0.1) is 18.5 Å². The van der Waals surface area contributed by atoms with Gasteiger partial charge in [0.25, 0.3) is 0 Å². The van der Waals surface area contributed by atoms with Crippen molar-refractivity contribution in [1.82, 2.24) is 10.6 Å². The lowest BCUT2D eigenvalue weighted by Crippen LogP contribution is -2.42. The first-order chi connectivity index (χ1) is 6.90. The van der Waals surface area contributed by atoms with E-state index in [2.05, 4.69) is 16.6 Å². The molecule has 5 nitrogen and oxygen atoms in total. The summed E-state index contributed by atoms with van der Waals surface area (Å²) in [6.45, 7) is 3.60. The molecule has 0 aliphatic rings. The summed E-state index contributed by atoms with van der Waals surface area (Å²) in [7, 11) is 0. The highest BCUT2D eigenvalue weighted by molar-refractivity contribution is 5.80. The molecule has 15 heavy (non-hydrogen) atoms. The number of carboxylic acids is 1. The minimum absolute atomic E-state index is 0.0961. The van der Waals surface area contributed by atoms with Crippen LogP contribution in [0.5, 0.6) is 0 Å². The minimum atomic E-state index is -0.957. The standard InChI is InChI=1S/C10H16N2O3/c1-4-5-11-6-8(13)12-7-10(2,3)9(14)15/h1,11H,5-7H2,2-3H3,(H,12,13)(H,14,15). The van der Waals surface area contributed by atoms with Gasteiger partial charge in [-0.3, -0.25) is 14.9 Å². The fourth-order valence-corrected chi connectivity index (χ4v) is 0.706. The lowest BCUT2D eigenvalue weighted by Gasteiger charge is -2.19. The van der Waals surface area contributed by atoms with Crippen molar-refractivity contribution in [2.24, 2.45) is 5.41 Å². The molecule has 0 saturated heterocycles. The third-order valence-electron chi connectivity index (χ3n) is 1.82. The number of rotatable bonds is 6. The van der Waals surface area contributed by atoms with Crippen molar-refractivity contribution in [3.8, 4) is 12.3 Å². The van der Waals surface area contributed by atoms with Crippen LogP contribution in [0.25, 0.3) is 0 Å². The molecule has 0 aromatic heterocycles. The predicted octanol–water partition coefficient (Wildman–Crippen LogP) is -0.564. The second-order valence-corrected chi connectivity index (χ2v) is 3.77. The van der Waals surface area contributed by atoms with Crippen molar-refractivity contribution >= 4 is 11.9 Å². The number of nitrogens with one attached hydrogen (secondary N) is 2. The number of terminal acetylenes is 1. The molecule has 0 aromatic rings. The third kappa shape index (κ3) is 5.70. The lowest BCUT2D eigenvalue weighted by atomic mass is 9.94. The Morgan fingerprint density at radius 3 is 2.53 bits per heavy atom. The maximum Gasteiger partial charge on any atom is 0.310 e. The summed E-state index contributed by atoms with van der Waals surface area (Å²) in [4.78, 5) is 21.9. The van der Waals surface area contributed by atoms with Gasteiger partial charge in [-0.1, -0.05) is 5.92 Å². The van der Waals surface area contributed by atoms with Crippen LogP contribution in [0.2, 0.25) is 0 Å². The van der Waals surface area contributed by atoms with E-state index in [0.29, 0.717) is 6.54 Å². The molecule has 3 N–H and O–H groups in total. The van der Waals surface area contributed by atoms with Crippen LogP contribution in [0.3, 0.4) is 0 Å². The Morgan fingerprint density at radius 2 is 2.07 bits per heavy atom. The van der Waals surface area contributed by atoms with Gasteiger partial charge in [0.1, 0.15) is 0 Å². The third-order valence-corrected chi connectivity index (χ3v) is 1.82. The van der Waals surface area contributed by atoms with E-state index >= 15 is 0 Å². The average Bonchev–Trinajstić information content (AvgIpc) is 2.15. The number of carbonyl (C=O) groups excluding carboxylic acids is 1. The summed E-state index contributed by atoms with van der Waals surface area (Å²) in [5.41, 5.74) is -0.957. The van der Waals surface area contributed by atoms with Gasteiger partial charge in [0.2, 0.25) is 5.91 Å². The van der Waals surface area contributed by atoms with Crippen LogP contribution in [-0.4, -0.2) is 36.6 Å². The number of hydrogen-bond donors (Lipinski definition) is 3. The Bertz CT molecular complexity index is 279. The molecule has 0 radical (unpaired) electrons. The van der Waals surface area contributed by atoms with E-state index in [4.69, 9.17) is 11.5 Å². The molecule has 0 aliphatic carbocycles. The number of hydrogen-bond acceptors (Lipinski definition) is 3. The highest BCUT2D eigenvalue weighted by atomic mass is 16.4. The van der Waals surface area contributed by atoms with Gasteiger partial charge in [-0.2, -0.15) is 0 Å². The SMILES string of the molecule is C#CCNCC(=O)NCC(C)(C)C(=O)O. The summed E-state index contributed by atoms with van der Waals surface area (Å²) in [5.74, 6) is 1.12. The largest absolute Gasteiger partial charge is 0.481 e.